The van der Waals surface area contributed by atoms with Crippen molar-refractivity contribution in [1.82, 2.24) is 5.32 Å². The summed E-state index contributed by atoms with van der Waals surface area (Å²) in [7, 11) is 1.45. The number of methoxy groups -OCH3 is 1. The van der Waals surface area contributed by atoms with Crippen molar-refractivity contribution in [3.8, 4) is 0 Å². The van der Waals surface area contributed by atoms with Crippen LogP contribution in [0.4, 0.5) is 0 Å². The summed E-state index contributed by atoms with van der Waals surface area (Å²) in [6.07, 6.45) is 2.23. The summed E-state index contributed by atoms with van der Waals surface area (Å²) in [4.78, 5) is 12.0. The van der Waals surface area contributed by atoms with Crippen molar-refractivity contribution >= 4 is 17.7 Å². The van der Waals surface area contributed by atoms with Crippen molar-refractivity contribution in [2.24, 2.45) is 0 Å². The quantitative estimate of drug-likeness (QED) is 0.860. The van der Waals surface area contributed by atoms with Crippen molar-refractivity contribution in [2.45, 2.75) is 31.8 Å². The number of nitrogens with one attached hydrogen (secondary N) is 1. The summed E-state index contributed by atoms with van der Waals surface area (Å²) in [5, 5.41) is 3.46. The van der Waals surface area contributed by atoms with Crippen LogP contribution in [0.25, 0.3) is 0 Å². The summed E-state index contributed by atoms with van der Waals surface area (Å²) >= 11 is 1.98. The van der Waals surface area contributed by atoms with E-state index in [-0.39, 0.29) is 12.0 Å². The third-order valence-electron chi connectivity index (χ3n) is 3.44. The van der Waals surface area contributed by atoms with Gasteiger partial charge in [-0.15, -0.1) is 0 Å². The van der Waals surface area contributed by atoms with Crippen LogP contribution in [0.1, 0.15) is 30.0 Å². The van der Waals surface area contributed by atoms with Gasteiger partial charge in [-0.05, 0) is 36.8 Å². The summed E-state index contributed by atoms with van der Waals surface area (Å²) < 4.78 is 4.94. The maximum absolute atomic E-state index is 12.0. The molecule has 2 rings (SSSR count). The highest BCUT2D eigenvalue weighted by atomic mass is 32.2. The van der Waals surface area contributed by atoms with Crippen LogP contribution < -0.4 is 5.32 Å². The molecule has 0 aliphatic carbocycles. The average Bonchev–Trinajstić information content (AvgIpc) is 2.45. The number of ether oxygens (including phenoxy) is 1. The lowest BCUT2D eigenvalue weighted by Crippen LogP contribution is -2.39. The number of thioether (sulfide) groups is 1. The molecule has 0 radical (unpaired) electrons. The number of esters is 1. The van der Waals surface area contributed by atoms with Crippen LogP contribution in [0.15, 0.2) is 24.3 Å². The second-order valence-electron chi connectivity index (χ2n) is 4.92. The molecule has 1 atom stereocenters. The topological polar surface area (TPSA) is 38.3 Å². The fraction of sp³-hybridized carbons (Fsp3) is 0.533. The van der Waals surface area contributed by atoms with E-state index in [2.05, 4.69) is 5.32 Å². The van der Waals surface area contributed by atoms with E-state index in [1.807, 2.05) is 43.0 Å². The maximum atomic E-state index is 12.0. The zero-order valence-corrected chi connectivity index (χ0v) is 12.3. The van der Waals surface area contributed by atoms with Crippen molar-refractivity contribution in [3.63, 3.8) is 0 Å². The van der Waals surface area contributed by atoms with Crippen molar-refractivity contribution in [1.29, 1.82) is 0 Å². The summed E-state index contributed by atoms with van der Waals surface area (Å²) in [5.41, 5.74) is 2.15. The van der Waals surface area contributed by atoms with Gasteiger partial charge in [-0.1, -0.05) is 29.8 Å². The Hall–Kier alpha value is -1.00. The minimum atomic E-state index is -0.349. The van der Waals surface area contributed by atoms with Gasteiger partial charge in [0.2, 0.25) is 0 Å². The second-order valence-corrected chi connectivity index (χ2v) is 6.15. The van der Waals surface area contributed by atoms with Gasteiger partial charge in [-0.2, -0.15) is 11.8 Å². The van der Waals surface area contributed by atoms with E-state index in [4.69, 9.17) is 4.74 Å². The van der Waals surface area contributed by atoms with Gasteiger partial charge in [0.15, 0.2) is 0 Å². The monoisotopic (exact) mass is 279 g/mol. The Morgan fingerprint density at radius 2 is 2.16 bits per heavy atom. The van der Waals surface area contributed by atoms with E-state index in [0.717, 1.165) is 24.0 Å². The molecule has 19 heavy (non-hydrogen) atoms. The lowest BCUT2D eigenvalue weighted by Gasteiger charge is -2.27. The van der Waals surface area contributed by atoms with Gasteiger partial charge in [0, 0.05) is 6.04 Å². The van der Waals surface area contributed by atoms with Gasteiger partial charge < -0.3 is 4.74 Å². The Balaban J connectivity index is 2.13. The van der Waals surface area contributed by atoms with E-state index in [1.54, 1.807) is 0 Å². The lowest BCUT2D eigenvalue weighted by molar-refractivity contribution is -0.143. The molecule has 104 valence electrons. The van der Waals surface area contributed by atoms with Crippen molar-refractivity contribution in [2.75, 3.05) is 18.6 Å². The molecule has 1 saturated heterocycles. The van der Waals surface area contributed by atoms with Crippen LogP contribution in [0.5, 0.6) is 0 Å². The Labute approximate surface area is 119 Å². The highest BCUT2D eigenvalue weighted by Crippen LogP contribution is 2.22. The van der Waals surface area contributed by atoms with Crippen LogP contribution in [0.2, 0.25) is 0 Å². The molecule has 1 N–H and O–H groups in total. The molecule has 0 spiro atoms. The van der Waals surface area contributed by atoms with Gasteiger partial charge in [-0.3, -0.25) is 5.32 Å². The molecule has 1 heterocycles. The Morgan fingerprint density at radius 3 is 2.79 bits per heavy atom. The summed E-state index contributed by atoms with van der Waals surface area (Å²) in [5.74, 6) is 2.13. The van der Waals surface area contributed by atoms with E-state index >= 15 is 0 Å². The number of hydrogen-bond acceptors (Lipinski definition) is 4. The lowest BCUT2D eigenvalue weighted by atomic mass is 10.0. The Bertz CT molecular complexity index is 430. The molecular formula is C15H21NO2S. The fourth-order valence-corrected chi connectivity index (χ4v) is 3.47. The fourth-order valence-electron chi connectivity index (χ4n) is 2.37. The van der Waals surface area contributed by atoms with Crippen molar-refractivity contribution < 1.29 is 9.53 Å². The van der Waals surface area contributed by atoms with Gasteiger partial charge in [-0.25, -0.2) is 4.79 Å². The van der Waals surface area contributed by atoms with Gasteiger partial charge in [0.25, 0.3) is 0 Å². The number of rotatable bonds is 4. The standard InChI is InChI=1S/C15H21NO2S/c1-11-4-3-5-12(10-11)14(15(17)18-2)16-13-6-8-19-9-7-13/h3-5,10,13-14,16H,6-9H2,1-2H3/t14-/m1/s1. The molecule has 4 heteroatoms. The van der Waals surface area contributed by atoms with Crippen LogP contribution in [0, 0.1) is 6.92 Å². The first kappa shape index (κ1) is 14.4. The molecule has 1 aliphatic rings. The van der Waals surface area contributed by atoms with Crippen LogP contribution >= 0.6 is 11.8 Å². The molecule has 0 unspecified atom stereocenters. The minimum Gasteiger partial charge on any atom is -0.468 e. The second kappa shape index (κ2) is 6.96. The van der Waals surface area contributed by atoms with E-state index < -0.39 is 0 Å². The summed E-state index contributed by atoms with van der Waals surface area (Å²) in [6, 6.07) is 8.11. The number of hydrogen-bond donors (Lipinski definition) is 1. The molecule has 0 bridgehead atoms. The smallest absolute Gasteiger partial charge is 0.327 e. The number of aryl methyl sites for hydroxylation is 1. The largest absolute Gasteiger partial charge is 0.468 e. The molecule has 1 aromatic rings. The normalized spacial score (nSPS) is 18.0. The third-order valence-corrected chi connectivity index (χ3v) is 4.48. The predicted octanol–water partition coefficient (Wildman–Crippen LogP) is 2.69. The molecule has 0 aromatic heterocycles. The Morgan fingerprint density at radius 1 is 1.42 bits per heavy atom. The highest BCUT2D eigenvalue weighted by molar-refractivity contribution is 7.99. The highest BCUT2D eigenvalue weighted by Gasteiger charge is 2.25. The number of carbonyl (C=O) groups excluding carboxylic acids is 1. The molecule has 1 aliphatic heterocycles. The first-order valence-corrected chi connectivity index (χ1v) is 7.84. The molecular weight excluding hydrogens is 258 g/mol. The SMILES string of the molecule is COC(=O)[C@H](NC1CCSCC1)c1cccc(C)c1. The van der Waals surface area contributed by atoms with Gasteiger partial charge in [0.05, 0.1) is 7.11 Å². The van der Waals surface area contributed by atoms with Crippen LogP contribution in [0.3, 0.4) is 0 Å². The van der Waals surface area contributed by atoms with E-state index in [9.17, 15) is 4.79 Å². The molecule has 1 aromatic carbocycles. The first-order chi connectivity index (χ1) is 9.20. The van der Waals surface area contributed by atoms with Crippen LogP contribution in [-0.2, 0) is 9.53 Å². The average molecular weight is 279 g/mol. The number of benzene rings is 1. The minimum absolute atomic E-state index is 0.205. The zero-order chi connectivity index (χ0) is 13.7. The zero-order valence-electron chi connectivity index (χ0n) is 11.5. The number of carbonyl (C=O) groups is 1. The van der Waals surface area contributed by atoms with Gasteiger partial charge in [0.1, 0.15) is 6.04 Å². The molecule has 1 fully saturated rings. The molecule has 3 nitrogen and oxygen atoms in total. The van der Waals surface area contributed by atoms with E-state index in [0.29, 0.717) is 6.04 Å². The Kier molecular flexibility index (Phi) is 5.28. The first-order valence-electron chi connectivity index (χ1n) is 6.69. The van der Waals surface area contributed by atoms with Crippen LogP contribution in [-0.4, -0.2) is 30.6 Å². The molecule has 0 saturated carbocycles. The predicted molar refractivity (Wildman–Crippen MR) is 79.4 cm³/mol. The maximum Gasteiger partial charge on any atom is 0.327 e. The molecule has 0 amide bonds. The summed E-state index contributed by atoms with van der Waals surface area (Å²) in [6.45, 7) is 2.04. The van der Waals surface area contributed by atoms with Gasteiger partial charge >= 0.3 is 5.97 Å². The van der Waals surface area contributed by atoms with Crippen molar-refractivity contribution in [3.05, 3.63) is 35.4 Å². The third kappa shape index (κ3) is 3.98. The van der Waals surface area contributed by atoms with E-state index in [1.165, 1.54) is 18.6 Å².